The normalized spacial score (nSPS) is 10.4. The van der Waals surface area contributed by atoms with Gasteiger partial charge in [0.25, 0.3) is 0 Å². The van der Waals surface area contributed by atoms with Gasteiger partial charge in [-0.15, -0.1) is 0 Å². The summed E-state index contributed by atoms with van der Waals surface area (Å²) in [5, 5.41) is 4.15. The SMILES string of the molecule is NCc1cccnc1-n1cc(Br)cn1. The van der Waals surface area contributed by atoms with Crippen molar-refractivity contribution in [3.05, 3.63) is 40.8 Å². The highest BCUT2D eigenvalue weighted by atomic mass is 79.9. The average Bonchev–Trinajstić information content (AvgIpc) is 2.65. The van der Waals surface area contributed by atoms with Crippen LogP contribution in [0, 0.1) is 0 Å². The lowest BCUT2D eigenvalue weighted by Crippen LogP contribution is -2.06. The lowest BCUT2D eigenvalue weighted by Gasteiger charge is -2.04. The second-order valence-electron chi connectivity index (χ2n) is 2.79. The molecule has 2 rings (SSSR count). The molecule has 14 heavy (non-hydrogen) atoms. The van der Waals surface area contributed by atoms with E-state index in [0.29, 0.717) is 6.54 Å². The molecule has 0 aliphatic rings. The van der Waals surface area contributed by atoms with E-state index in [-0.39, 0.29) is 0 Å². The molecule has 0 aliphatic carbocycles. The zero-order valence-corrected chi connectivity index (χ0v) is 8.98. The molecule has 0 unspecified atom stereocenters. The van der Waals surface area contributed by atoms with E-state index in [1.54, 1.807) is 17.1 Å². The minimum Gasteiger partial charge on any atom is -0.326 e. The molecular formula is C9H9BrN4. The Morgan fingerprint density at radius 2 is 2.36 bits per heavy atom. The van der Waals surface area contributed by atoms with Crippen LogP contribution in [0.3, 0.4) is 0 Å². The summed E-state index contributed by atoms with van der Waals surface area (Å²) < 4.78 is 2.62. The molecule has 0 aromatic carbocycles. The van der Waals surface area contributed by atoms with E-state index in [1.807, 2.05) is 18.3 Å². The Balaban J connectivity index is 2.50. The number of hydrogen-bond donors (Lipinski definition) is 1. The summed E-state index contributed by atoms with van der Waals surface area (Å²) in [6.07, 6.45) is 5.29. The Kier molecular flexibility index (Phi) is 2.60. The van der Waals surface area contributed by atoms with Crippen molar-refractivity contribution in [2.24, 2.45) is 5.73 Å². The molecule has 0 atom stereocenters. The van der Waals surface area contributed by atoms with Crippen LogP contribution in [0.4, 0.5) is 0 Å². The maximum Gasteiger partial charge on any atom is 0.157 e. The Hall–Kier alpha value is -1.20. The molecule has 2 aromatic rings. The van der Waals surface area contributed by atoms with Gasteiger partial charge in [0.15, 0.2) is 5.82 Å². The number of pyridine rings is 1. The number of hydrogen-bond acceptors (Lipinski definition) is 3. The topological polar surface area (TPSA) is 56.7 Å². The molecule has 0 saturated heterocycles. The van der Waals surface area contributed by atoms with Crippen LogP contribution in [0.2, 0.25) is 0 Å². The quantitative estimate of drug-likeness (QED) is 0.882. The van der Waals surface area contributed by atoms with Gasteiger partial charge in [0.05, 0.1) is 10.7 Å². The fraction of sp³-hybridized carbons (Fsp3) is 0.111. The molecular weight excluding hydrogens is 244 g/mol. The van der Waals surface area contributed by atoms with Crippen LogP contribution in [-0.2, 0) is 6.54 Å². The van der Waals surface area contributed by atoms with Crippen molar-refractivity contribution in [3.63, 3.8) is 0 Å². The van der Waals surface area contributed by atoms with Crippen LogP contribution >= 0.6 is 15.9 Å². The molecule has 0 saturated carbocycles. The molecule has 2 aromatic heterocycles. The van der Waals surface area contributed by atoms with Gasteiger partial charge in [-0.3, -0.25) is 0 Å². The zero-order chi connectivity index (χ0) is 9.97. The maximum atomic E-state index is 5.60. The Morgan fingerprint density at radius 3 is 3.00 bits per heavy atom. The fourth-order valence-electron chi connectivity index (χ4n) is 1.21. The van der Waals surface area contributed by atoms with E-state index < -0.39 is 0 Å². The summed E-state index contributed by atoms with van der Waals surface area (Å²) >= 11 is 3.33. The fourth-order valence-corrected chi connectivity index (χ4v) is 1.50. The van der Waals surface area contributed by atoms with Gasteiger partial charge in [-0.1, -0.05) is 6.07 Å². The van der Waals surface area contributed by atoms with E-state index >= 15 is 0 Å². The van der Waals surface area contributed by atoms with Crippen molar-refractivity contribution in [1.82, 2.24) is 14.8 Å². The van der Waals surface area contributed by atoms with Crippen molar-refractivity contribution in [2.75, 3.05) is 0 Å². The summed E-state index contributed by atoms with van der Waals surface area (Å²) in [7, 11) is 0. The summed E-state index contributed by atoms with van der Waals surface area (Å²) in [6, 6.07) is 3.81. The largest absolute Gasteiger partial charge is 0.326 e. The molecule has 0 spiro atoms. The Morgan fingerprint density at radius 1 is 1.50 bits per heavy atom. The summed E-state index contributed by atoms with van der Waals surface area (Å²) in [5.74, 6) is 0.778. The third-order valence-corrected chi connectivity index (χ3v) is 2.27. The first-order valence-corrected chi connectivity index (χ1v) is 4.95. The van der Waals surface area contributed by atoms with Crippen LogP contribution in [0.25, 0.3) is 5.82 Å². The third-order valence-electron chi connectivity index (χ3n) is 1.86. The summed E-state index contributed by atoms with van der Waals surface area (Å²) in [5.41, 5.74) is 6.58. The van der Waals surface area contributed by atoms with Crippen molar-refractivity contribution in [1.29, 1.82) is 0 Å². The smallest absolute Gasteiger partial charge is 0.157 e. The van der Waals surface area contributed by atoms with Crippen molar-refractivity contribution < 1.29 is 0 Å². The highest BCUT2D eigenvalue weighted by molar-refractivity contribution is 9.10. The van der Waals surface area contributed by atoms with E-state index in [1.165, 1.54) is 0 Å². The Labute approximate surface area is 89.9 Å². The predicted molar refractivity (Wildman–Crippen MR) is 57.0 cm³/mol. The first-order chi connectivity index (χ1) is 6.81. The molecule has 0 fully saturated rings. The van der Waals surface area contributed by atoms with Crippen molar-refractivity contribution in [2.45, 2.75) is 6.54 Å². The van der Waals surface area contributed by atoms with Crippen LogP contribution in [-0.4, -0.2) is 14.8 Å². The molecule has 0 bridgehead atoms. The molecule has 2 heterocycles. The van der Waals surface area contributed by atoms with Gasteiger partial charge in [0.1, 0.15) is 0 Å². The van der Waals surface area contributed by atoms with Crippen LogP contribution < -0.4 is 5.73 Å². The number of aromatic nitrogens is 3. The molecule has 2 N–H and O–H groups in total. The number of nitrogens with zero attached hydrogens (tertiary/aromatic N) is 3. The molecule has 72 valence electrons. The van der Waals surface area contributed by atoms with Gasteiger partial charge < -0.3 is 5.73 Å². The second kappa shape index (κ2) is 3.89. The average molecular weight is 253 g/mol. The van der Waals surface area contributed by atoms with E-state index in [0.717, 1.165) is 15.9 Å². The van der Waals surface area contributed by atoms with Crippen LogP contribution in [0.5, 0.6) is 0 Å². The van der Waals surface area contributed by atoms with Gasteiger partial charge >= 0.3 is 0 Å². The minimum absolute atomic E-state index is 0.459. The summed E-state index contributed by atoms with van der Waals surface area (Å²) in [4.78, 5) is 4.23. The standard InChI is InChI=1S/C9H9BrN4/c10-8-5-13-14(6-8)9-7(4-11)2-1-3-12-9/h1-3,5-6H,4,11H2. The molecule has 4 nitrogen and oxygen atoms in total. The Bertz CT molecular complexity index is 438. The van der Waals surface area contributed by atoms with Crippen molar-refractivity contribution >= 4 is 15.9 Å². The second-order valence-corrected chi connectivity index (χ2v) is 3.71. The van der Waals surface area contributed by atoms with E-state index in [2.05, 4.69) is 26.0 Å². The van der Waals surface area contributed by atoms with E-state index in [4.69, 9.17) is 5.73 Å². The van der Waals surface area contributed by atoms with Crippen LogP contribution in [0.15, 0.2) is 35.2 Å². The number of halogens is 1. The number of nitrogens with two attached hydrogens (primary N) is 1. The first-order valence-electron chi connectivity index (χ1n) is 4.16. The van der Waals surface area contributed by atoms with Gasteiger partial charge in [-0.2, -0.15) is 5.10 Å². The lowest BCUT2D eigenvalue weighted by atomic mass is 10.2. The predicted octanol–water partition coefficient (Wildman–Crippen LogP) is 1.49. The highest BCUT2D eigenvalue weighted by Crippen LogP contribution is 2.13. The highest BCUT2D eigenvalue weighted by Gasteiger charge is 2.04. The van der Waals surface area contributed by atoms with Crippen LogP contribution in [0.1, 0.15) is 5.56 Å². The third kappa shape index (κ3) is 1.69. The molecule has 5 heteroatoms. The molecule has 0 aliphatic heterocycles. The maximum absolute atomic E-state index is 5.60. The van der Waals surface area contributed by atoms with E-state index in [9.17, 15) is 0 Å². The monoisotopic (exact) mass is 252 g/mol. The first kappa shape index (κ1) is 9.36. The minimum atomic E-state index is 0.459. The number of rotatable bonds is 2. The van der Waals surface area contributed by atoms with Gasteiger partial charge in [-0.05, 0) is 22.0 Å². The summed E-state index contributed by atoms with van der Waals surface area (Å²) in [6.45, 7) is 0.459. The molecule has 0 amide bonds. The lowest BCUT2D eigenvalue weighted by molar-refractivity contribution is 0.824. The molecule has 0 radical (unpaired) electrons. The van der Waals surface area contributed by atoms with Gasteiger partial charge in [0.2, 0.25) is 0 Å². The van der Waals surface area contributed by atoms with Gasteiger partial charge in [0, 0.05) is 24.5 Å². The van der Waals surface area contributed by atoms with Crippen molar-refractivity contribution in [3.8, 4) is 5.82 Å². The van der Waals surface area contributed by atoms with Gasteiger partial charge in [-0.25, -0.2) is 9.67 Å². The zero-order valence-electron chi connectivity index (χ0n) is 7.39.